The van der Waals surface area contributed by atoms with Crippen LogP contribution in [0.4, 0.5) is 4.39 Å². The van der Waals surface area contributed by atoms with Gasteiger partial charge in [0.2, 0.25) is 76.8 Å². The number of H-pyrrole nitrogens is 1. The zero-order valence-electron chi connectivity index (χ0n) is 58.8. The standard InChI is InChI=1S/C69H95FN18O16S2/c1-37(2)59-68(104)84-50(29-38-9-4-3-5-10-38)65(101)81-46(13-8-27-77-69(74)75)61(97)76-28-25-55(91)79-47(20-22-54(72)90)62(98)83-51(31-40-33-78-45-19-16-41(70)32-44(40)45)66(102)82-48(21-23-58(94)95)63(99)85-52(60(73)96)35-105-106-36-53(67(103)87-59)86-64(100)49(30-39-14-17-43(89)18-15-39)80-56(92)34-88(57(93)24-26-71)42-11-6-7-12-42/h3-5,9-10,14-19,32-33,37,42,46-53,59,78,89H,6-8,11-13,20-31,34-36,71H2,1-2H3,(H2,72,90)(H2,73,96)(H,76,97)(H,79,91)(H,80,92)(H,81,101)(H,82,102)(H,83,98)(H,84,104)(H,85,99)(H,86,100)(H,87,103)(H,94,95)(H4,74,75,77)/t46-,47+,48-,49-,50-,51-,52-,53-,59-/m0/s1. The first-order valence-corrected chi connectivity index (χ1v) is 37.1. The molecule has 0 bridgehead atoms. The molecule has 2 heterocycles. The average Bonchev–Trinajstić information content (AvgIpc) is 1.66. The summed E-state index contributed by atoms with van der Waals surface area (Å²) in [4.78, 5) is 205. The molecule has 0 radical (unpaired) electrons. The summed E-state index contributed by atoms with van der Waals surface area (Å²) in [6.07, 6.45) is 0.427. The van der Waals surface area contributed by atoms with Gasteiger partial charge in [-0.05, 0) is 91.5 Å². The number of phenols is 1. The normalized spacial score (nSPS) is 21.4. The third-order valence-electron chi connectivity index (χ3n) is 17.4. The number of phenolic OH excluding ortho intramolecular Hbond substituents is 1. The lowest BCUT2D eigenvalue weighted by Gasteiger charge is -2.30. The van der Waals surface area contributed by atoms with Crippen LogP contribution in [0.15, 0.2) is 84.0 Å². The molecule has 4 aromatic rings. The number of aromatic hydroxyl groups is 1. The number of aliphatic carboxylic acids is 1. The zero-order valence-corrected chi connectivity index (χ0v) is 60.4. The van der Waals surface area contributed by atoms with Crippen molar-refractivity contribution in [2.24, 2.45) is 39.6 Å². The van der Waals surface area contributed by atoms with E-state index in [2.05, 4.69) is 63.1 Å². The Kier molecular flexibility index (Phi) is 33.8. The van der Waals surface area contributed by atoms with Gasteiger partial charge in [0.1, 0.15) is 65.9 Å². The molecule has 6 rings (SSSR count). The Labute approximate surface area is 618 Å². The highest BCUT2D eigenvalue weighted by atomic mass is 33.1. The molecule has 1 saturated carbocycles. The number of guanidine groups is 1. The van der Waals surface area contributed by atoms with E-state index in [0.717, 1.165) is 46.6 Å². The first kappa shape index (κ1) is 84.4. The number of aromatic nitrogens is 1. The van der Waals surface area contributed by atoms with Crippen LogP contribution in [0.1, 0.15) is 108 Å². The van der Waals surface area contributed by atoms with E-state index in [0.29, 0.717) is 29.5 Å². The van der Waals surface area contributed by atoms with E-state index in [9.17, 15) is 76.9 Å². The minimum absolute atomic E-state index is 0.00687. The highest BCUT2D eigenvalue weighted by molar-refractivity contribution is 8.76. The predicted molar refractivity (Wildman–Crippen MR) is 391 cm³/mol. The van der Waals surface area contributed by atoms with Gasteiger partial charge in [-0.25, -0.2) is 4.39 Å². The highest BCUT2D eigenvalue weighted by Gasteiger charge is 2.38. The molecule has 13 amide bonds. The van der Waals surface area contributed by atoms with Crippen molar-refractivity contribution in [2.75, 3.05) is 37.7 Å². The second kappa shape index (κ2) is 42.4. The summed E-state index contributed by atoms with van der Waals surface area (Å²) in [5.41, 5.74) is 29.9. The number of carboxylic acid groups (broad SMARTS) is 1. The maximum Gasteiger partial charge on any atom is 0.303 e. The smallest absolute Gasteiger partial charge is 0.303 e. The van der Waals surface area contributed by atoms with Gasteiger partial charge in [-0.1, -0.05) is 90.7 Å². The largest absolute Gasteiger partial charge is 0.508 e. The molecule has 2 fully saturated rings. The van der Waals surface area contributed by atoms with E-state index in [4.69, 9.17) is 28.7 Å². The molecule has 9 atom stereocenters. The number of primary amides is 2. The number of carboxylic acids is 1. The van der Waals surface area contributed by atoms with E-state index in [1.54, 1.807) is 44.2 Å². The molecule has 1 aliphatic carbocycles. The van der Waals surface area contributed by atoms with E-state index >= 15 is 4.79 Å². The second-order valence-corrected chi connectivity index (χ2v) is 28.6. The van der Waals surface area contributed by atoms with Gasteiger partial charge < -0.3 is 102 Å². The van der Waals surface area contributed by atoms with Crippen molar-refractivity contribution in [1.82, 2.24) is 63.1 Å². The van der Waals surface area contributed by atoms with Gasteiger partial charge in [-0.3, -0.25) is 72.1 Å². The Balaban J connectivity index is 1.41. The van der Waals surface area contributed by atoms with Gasteiger partial charge >= 0.3 is 5.97 Å². The Bertz CT molecular complexity index is 3790. The van der Waals surface area contributed by atoms with Crippen LogP contribution in [0.5, 0.6) is 5.75 Å². The average molecular weight is 1520 g/mol. The van der Waals surface area contributed by atoms with Crippen LogP contribution in [-0.4, -0.2) is 207 Å². The molecule has 0 spiro atoms. The van der Waals surface area contributed by atoms with Crippen molar-refractivity contribution in [3.8, 4) is 5.75 Å². The maximum atomic E-state index is 15.1. The molecule has 1 aromatic heterocycles. The lowest BCUT2D eigenvalue weighted by molar-refractivity contribution is -0.139. The molecule has 2 aliphatic rings. The Morgan fingerprint density at radius 3 is 1.93 bits per heavy atom. The Morgan fingerprint density at radius 1 is 0.679 bits per heavy atom. The number of nitrogens with two attached hydrogens (primary N) is 5. The van der Waals surface area contributed by atoms with Gasteiger partial charge in [0.15, 0.2) is 5.96 Å². The summed E-state index contributed by atoms with van der Waals surface area (Å²) >= 11 is 0. The number of aromatic amines is 1. The maximum absolute atomic E-state index is 15.1. The van der Waals surface area contributed by atoms with Crippen LogP contribution >= 0.6 is 21.6 Å². The van der Waals surface area contributed by atoms with Crippen LogP contribution in [-0.2, 0) is 86.4 Å². The molecule has 106 heavy (non-hydrogen) atoms. The molecule has 3 aromatic carbocycles. The minimum atomic E-state index is -1.80. The number of fused-ring (bicyclic) bond motifs is 1. The molecule has 37 heteroatoms. The highest BCUT2D eigenvalue weighted by Crippen LogP contribution is 2.27. The first-order valence-electron chi connectivity index (χ1n) is 34.6. The number of aliphatic imine (C=N–C) groups is 1. The van der Waals surface area contributed by atoms with Crippen molar-refractivity contribution < 1.29 is 81.7 Å². The molecule has 1 saturated heterocycles. The lowest BCUT2D eigenvalue weighted by atomic mass is 10.00. The van der Waals surface area contributed by atoms with E-state index in [1.807, 2.05) is 0 Å². The summed E-state index contributed by atoms with van der Waals surface area (Å²) in [5.74, 6) is -16.1. The Morgan fingerprint density at radius 2 is 1.29 bits per heavy atom. The zero-order chi connectivity index (χ0) is 77.6. The van der Waals surface area contributed by atoms with Gasteiger partial charge in [0.05, 0.1) is 6.54 Å². The van der Waals surface area contributed by atoms with Crippen LogP contribution < -0.4 is 81.8 Å². The summed E-state index contributed by atoms with van der Waals surface area (Å²) in [6.45, 7) is 2.24. The van der Waals surface area contributed by atoms with Crippen LogP contribution in [0.2, 0.25) is 0 Å². The number of carbonyl (C=O) groups excluding carboxylic acids is 13. The van der Waals surface area contributed by atoms with Crippen molar-refractivity contribution >= 4 is 121 Å². The molecular formula is C69H95FN18O16S2. The van der Waals surface area contributed by atoms with Gasteiger partial charge in [0.25, 0.3) is 0 Å². The minimum Gasteiger partial charge on any atom is -0.508 e. The molecular weight excluding hydrogens is 1420 g/mol. The van der Waals surface area contributed by atoms with Gasteiger partial charge in [0, 0.05) is 99.2 Å². The number of carbonyl (C=O) groups is 14. The first-order chi connectivity index (χ1) is 50.5. The van der Waals surface area contributed by atoms with Gasteiger partial charge in [-0.2, -0.15) is 0 Å². The summed E-state index contributed by atoms with van der Waals surface area (Å²) in [5, 5.41) is 46.2. The second-order valence-electron chi connectivity index (χ2n) is 26.0. The van der Waals surface area contributed by atoms with E-state index in [-0.39, 0.29) is 79.8 Å². The quantitative estimate of drug-likeness (QED) is 0.0137. The molecule has 34 nitrogen and oxygen atoms in total. The molecule has 1 aliphatic heterocycles. The van der Waals surface area contributed by atoms with Gasteiger partial charge in [-0.15, -0.1) is 0 Å². The summed E-state index contributed by atoms with van der Waals surface area (Å²) < 4.78 is 14.8. The predicted octanol–water partition coefficient (Wildman–Crippen LogP) is -2.25. The summed E-state index contributed by atoms with van der Waals surface area (Å²) in [7, 11) is 1.68. The lowest BCUT2D eigenvalue weighted by Crippen LogP contribution is -2.61. The number of nitrogens with zero attached hydrogens (tertiary/aromatic N) is 2. The third-order valence-corrected chi connectivity index (χ3v) is 19.8. The monoisotopic (exact) mass is 1510 g/mol. The fraction of sp³-hybridized carbons (Fsp3) is 0.493. The molecule has 576 valence electrons. The fourth-order valence-electron chi connectivity index (χ4n) is 11.8. The topological polar surface area (TPSA) is 561 Å². The number of amides is 13. The van der Waals surface area contributed by atoms with Crippen LogP contribution in [0, 0.1) is 11.7 Å². The van der Waals surface area contributed by atoms with Crippen molar-refractivity contribution in [1.29, 1.82) is 0 Å². The van der Waals surface area contributed by atoms with Crippen molar-refractivity contribution in [3.63, 3.8) is 0 Å². The number of benzene rings is 3. The van der Waals surface area contributed by atoms with E-state index in [1.165, 1.54) is 41.4 Å². The third kappa shape index (κ3) is 27.8. The number of halogens is 1. The van der Waals surface area contributed by atoms with Crippen LogP contribution in [0.25, 0.3) is 10.9 Å². The van der Waals surface area contributed by atoms with Crippen LogP contribution in [0.3, 0.4) is 0 Å². The number of hydrogen-bond donors (Lipinski definition) is 18. The number of hydrogen-bond acceptors (Lipinski definition) is 19. The fourth-order valence-corrected chi connectivity index (χ4v) is 14.1. The Hall–Kier alpha value is -10.6. The molecule has 23 N–H and O–H groups in total. The molecule has 0 unspecified atom stereocenters. The number of rotatable bonds is 26. The summed E-state index contributed by atoms with van der Waals surface area (Å²) in [6, 6.07) is 3.19. The SMILES string of the molecule is CC(C)[C@@H]1NC(=O)[C@@H](NC(=O)[C@H](Cc2ccc(O)cc2)NC(=O)CN(C(=O)CCN)C2CCCC2)CSSC[C@@H](C(N)=O)NC(=O)[C@H](CCC(=O)O)NC(=O)[C@H](Cc2c[nH]c3ccc(F)cc23)NC(=O)[C@@H](CCC(N)=O)NC(=O)CCNC(=O)[C@H](CCCN=C(N)N)NC(=O)[C@H](Cc2ccccc2)NC1=O. The van der Waals surface area contributed by atoms with Crippen molar-refractivity contribution in [2.45, 2.75) is 171 Å². The van der Waals surface area contributed by atoms with Crippen molar-refractivity contribution in [3.05, 3.63) is 102 Å². The number of nitrogens with one attached hydrogen (secondary N) is 11. The van der Waals surface area contributed by atoms with E-state index < -0.39 is 206 Å².